The first-order valence-electron chi connectivity index (χ1n) is 25.6. The molecule has 0 saturated carbocycles. The highest BCUT2D eigenvalue weighted by molar-refractivity contribution is 5.69. The maximum atomic E-state index is 12.3. The summed E-state index contributed by atoms with van der Waals surface area (Å²) in [7, 11) is 0. The van der Waals surface area contributed by atoms with Crippen LogP contribution in [0.15, 0.2) is 36.5 Å². The number of rotatable bonds is 48. The number of ether oxygens (including phenoxy) is 2. The summed E-state index contributed by atoms with van der Waals surface area (Å²) in [6, 6.07) is 0. The monoisotopic (exact) mass is 801 g/mol. The number of aliphatic hydroxyl groups excluding tert-OH is 1. The number of carbonyl (C=O) groups is 1. The van der Waals surface area contributed by atoms with Crippen molar-refractivity contribution in [1.29, 1.82) is 0 Å². The zero-order valence-electron chi connectivity index (χ0n) is 38.6. The molecule has 0 rings (SSSR count). The molecule has 336 valence electrons. The Hall–Kier alpha value is -1.39. The number of allylic oxidation sites excluding steroid dienone is 6. The molecule has 0 aliphatic carbocycles. The Morgan fingerprint density at radius 1 is 0.421 bits per heavy atom. The first-order chi connectivity index (χ1) is 28.2. The summed E-state index contributed by atoms with van der Waals surface area (Å²) >= 11 is 0. The van der Waals surface area contributed by atoms with Crippen LogP contribution in [-0.2, 0) is 14.3 Å². The summed E-state index contributed by atoms with van der Waals surface area (Å²) in [6.07, 6.45) is 65.2. The standard InChI is InChI=1S/C53H100O4/c1-3-5-7-9-11-13-15-17-19-21-23-24-25-26-27-28-29-31-33-35-37-39-41-43-45-47-49-56-51-52(50-54)57-53(55)48-46-44-42-40-38-36-34-32-30-22-20-18-16-14-12-10-8-6-4-2/h15,17-18,20-21,23,52,54H,3-14,16,19,22,24-51H2,1-2H3/b17-15-,20-18-,23-21-. The van der Waals surface area contributed by atoms with Crippen LogP contribution in [0.5, 0.6) is 0 Å². The molecule has 4 heteroatoms. The Balaban J connectivity index is 3.38. The molecule has 0 saturated heterocycles. The minimum Gasteiger partial charge on any atom is -0.457 e. The average Bonchev–Trinajstić information content (AvgIpc) is 3.22. The highest BCUT2D eigenvalue weighted by Gasteiger charge is 2.13. The molecule has 0 aromatic rings. The van der Waals surface area contributed by atoms with E-state index in [0.29, 0.717) is 19.6 Å². The van der Waals surface area contributed by atoms with E-state index < -0.39 is 6.10 Å². The fourth-order valence-corrected chi connectivity index (χ4v) is 7.59. The molecule has 0 aromatic carbocycles. The minimum absolute atomic E-state index is 0.170. The molecule has 0 aromatic heterocycles. The molecule has 0 radical (unpaired) electrons. The zero-order valence-corrected chi connectivity index (χ0v) is 38.6. The van der Waals surface area contributed by atoms with Crippen LogP contribution >= 0.6 is 0 Å². The molecule has 1 N–H and O–H groups in total. The lowest BCUT2D eigenvalue weighted by Crippen LogP contribution is -2.27. The SMILES string of the molecule is CCCCCCC/C=C\C/C=C\CCCCCCCCCCCCCCCCOCC(CO)OC(=O)CCCCCCCCCCC/C=C\CCCCCCCC. The number of hydrogen-bond donors (Lipinski definition) is 1. The maximum absolute atomic E-state index is 12.3. The fourth-order valence-electron chi connectivity index (χ4n) is 7.59. The number of carbonyl (C=O) groups excluding carboxylic acids is 1. The van der Waals surface area contributed by atoms with Crippen molar-refractivity contribution < 1.29 is 19.4 Å². The molecule has 4 nitrogen and oxygen atoms in total. The van der Waals surface area contributed by atoms with E-state index in [2.05, 4.69) is 50.3 Å². The van der Waals surface area contributed by atoms with E-state index in [1.54, 1.807) is 0 Å². The van der Waals surface area contributed by atoms with Crippen LogP contribution in [0.4, 0.5) is 0 Å². The van der Waals surface area contributed by atoms with Gasteiger partial charge in [0.2, 0.25) is 0 Å². The number of unbranched alkanes of at least 4 members (excludes halogenated alkanes) is 34. The Morgan fingerprint density at radius 2 is 0.737 bits per heavy atom. The molecular weight excluding hydrogens is 701 g/mol. The summed E-state index contributed by atoms with van der Waals surface area (Å²) < 4.78 is 11.2. The first-order valence-corrected chi connectivity index (χ1v) is 25.6. The van der Waals surface area contributed by atoms with Crippen molar-refractivity contribution in [3.8, 4) is 0 Å². The van der Waals surface area contributed by atoms with E-state index in [4.69, 9.17) is 9.47 Å². The largest absolute Gasteiger partial charge is 0.457 e. The van der Waals surface area contributed by atoms with Crippen LogP contribution in [0.25, 0.3) is 0 Å². The van der Waals surface area contributed by atoms with Gasteiger partial charge in [-0.3, -0.25) is 4.79 Å². The summed E-state index contributed by atoms with van der Waals surface area (Å²) in [5.74, 6) is -0.199. The smallest absolute Gasteiger partial charge is 0.306 e. The van der Waals surface area contributed by atoms with Crippen LogP contribution in [0.3, 0.4) is 0 Å². The Kier molecular flexibility index (Phi) is 49.5. The predicted octanol–water partition coefficient (Wildman–Crippen LogP) is 17.2. The van der Waals surface area contributed by atoms with Gasteiger partial charge in [-0.1, -0.05) is 230 Å². The normalized spacial score (nSPS) is 12.5. The fraction of sp³-hybridized carbons (Fsp3) is 0.868. The molecule has 57 heavy (non-hydrogen) atoms. The van der Waals surface area contributed by atoms with Crippen molar-refractivity contribution >= 4 is 5.97 Å². The van der Waals surface area contributed by atoms with Gasteiger partial charge in [0.25, 0.3) is 0 Å². The number of aliphatic hydroxyl groups is 1. The van der Waals surface area contributed by atoms with Crippen LogP contribution < -0.4 is 0 Å². The van der Waals surface area contributed by atoms with Crippen molar-refractivity contribution in [2.45, 2.75) is 277 Å². The summed E-state index contributed by atoms with van der Waals surface area (Å²) in [6.45, 7) is 5.37. The van der Waals surface area contributed by atoms with E-state index in [1.165, 1.54) is 225 Å². The minimum atomic E-state index is -0.534. The third-order valence-electron chi connectivity index (χ3n) is 11.4. The molecular formula is C53H100O4. The van der Waals surface area contributed by atoms with Gasteiger partial charge in [0, 0.05) is 13.0 Å². The second-order valence-electron chi connectivity index (χ2n) is 17.2. The Bertz CT molecular complexity index is 848. The first kappa shape index (κ1) is 55.6. The molecule has 0 aliphatic rings. The van der Waals surface area contributed by atoms with Gasteiger partial charge in [0.05, 0.1) is 13.2 Å². The third-order valence-corrected chi connectivity index (χ3v) is 11.4. The van der Waals surface area contributed by atoms with Gasteiger partial charge in [-0.05, 0) is 70.6 Å². The van der Waals surface area contributed by atoms with Crippen molar-refractivity contribution in [2.24, 2.45) is 0 Å². The average molecular weight is 801 g/mol. The van der Waals surface area contributed by atoms with E-state index in [9.17, 15) is 9.90 Å². The second kappa shape index (κ2) is 50.8. The van der Waals surface area contributed by atoms with Gasteiger partial charge in [-0.15, -0.1) is 0 Å². The number of esters is 1. The topological polar surface area (TPSA) is 55.8 Å². The molecule has 0 amide bonds. The lowest BCUT2D eigenvalue weighted by molar-refractivity contribution is -0.154. The van der Waals surface area contributed by atoms with Gasteiger partial charge in [-0.2, -0.15) is 0 Å². The van der Waals surface area contributed by atoms with Gasteiger partial charge in [-0.25, -0.2) is 0 Å². The van der Waals surface area contributed by atoms with E-state index in [-0.39, 0.29) is 12.6 Å². The molecule has 0 bridgehead atoms. The molecule has 0 spiro atoms. The van der Waals surface area contributed by atoms with Crippen LogP contribution in [0.2, 0.25) is 0 Å². The summed E-state index contributed by atoms with van der Waals surface area (Å²) in [4.78, 5) is 12.3. The van der Waals surface area contributed by atoms with E-state index in [0.717, 1.165) is 25.7 Å². The summed E-state index contributed by atoms with van der Waals surface area (Å²) in [5, 5.41) is 9.65. The zero-order chi connectivity index (χ0) is 41.2. The van der Waals surface area contributed by atoms with Gasteiger partial charge in [0.15, 0.2) is 0 Å². The quantitative estimate of drug-likeness (QED) is 0.0378. The molecule has 0 fully saturated rings. The lowest BCUT2D eigenvalue weighted by atomic mass is 10.0. The molecule has 1 unspecified atom stereocenters. The van der Waals surface area contributed by atoms with Crippen molar-refractivity contribution in [3.05, 3.63) is 36.5 Å². The summed E-state index contributed by atoms with van der Waals surface area (Å²) in [5.41, 5.74) is 0. The van der Waals surface area contributed by atoms with Crippen LogP contribution in [-0.4, -0.2) is 37.0 Å². The predicted molar refractivity (Wildman–Crippen MR) is 251 cm³/mol. The molecule has 1 atom stereocenters. The van der Waals surface area contributed by atoms with Gasteiger partial charge < -0.3 is 14.6 Å². The Morgan fingerprint density at radius 3 is 1.11 bits per heavy atom. The highest BCUT2D eigenvalue weighted by Crippen LogP contribution is 2.15. The Labute approximate surface area is 357 Å². The second-order valence-corrected chi connectivity index (χ2v) is 17.2. The van der Waals surface area contributed by atoms with E-state index in [1.807, 2.05) is 0 Å². The van der Waals surface area contributed by atoms with Crippen LogP contribution in [0, 0.1) is 0 Å². The maximum Gasteiger partial charge on any atom is 0.306 e. The van der Waals surface area contributed by atoms with Crippen molar-refractivity contribution in [2.75, 3.05) is 19.8 Å². The van der Waals surface area contributed by atoms with Crippen LogP contribution in [0.1, 0.15) is 271 Å². The molecule has 0 aliphatic heterocycles. The van der Waals surface area contributed by atoms with Crippen molar-refractivity contribution in [3.63, 3.8) is 0 Å². The highest BCUT2D eigenvalue weighted by atomic mass is 16.6. The van der Waals surface area contributed by atoms with Gasteiger partial charge in [0.1, 0.15) is 6.10 Å². The lowest BCUT2D eigenvalue weighted by Gasteiger charge is -2.16. The van der Waals surface area contributed by atoms with Gasteiger partial charge >= 0.3 is 5.97 Å². The molecule has 0 heterocycles. The van der Waals surface area contributed by atoms with Crippen molar-refractivity contribution in [1.82, 2.24) is 0 Å². The van der Waals surface area contributed by atoms with E-state index >= 15 is 0 Å². The third kappa shape index (κ3) is 48.9. The number of hydrogen-bond acceptors (Lipinski definition) is 4.